The molecule has 1 aliphatic rings. The lowest BCUT2D eigenvalue weighted by Crippen LogP contribution is -2.43. The van der Waals surface area contributed by atoms with E-state index in [9.17, 15) is 9.59 Å². The Bertz CT molecular complexity index is 520. The van der Waals surface area contributed by atoms with Crippen LogP contribution in [-0.2, 0) is 16.0 Å². The summed E-state index contributed by atoms with van der Waals surface area (Å²) in [5.74, 6) is -1.14. The molecule has 1 aromatic carbocycles. The van der Waals surface area contributed by atoms with Gasteiger partial charge in [0.1, 0.15) is 0 Å². The summed E-state index contributed by atoms with van der Waals surface area (Å²) in [7, 11) is 0. The highest BCUT2D eigenvalue weighted by Gasteiger charge is 2.13. The second-order valence-corrected chi connectivity index (χ2v) is 6.35. The van der Waals surface area contributed by atoms with Crippen LogP contribution < -0.4 is 15.5 Å². The van der Waals surface area contributed by atoms with E-state index in [0.29, 0.717) is 6.54 Å². The summed E-state index contributed by atoms with van der Waals surface area (Å²) in [6.45, 7) is 6.40. The second-order valence-electron chi connectivity index (χ2n) is 6.35. The van der Waals surface area contributed by atoms with Gasteiger partial charge in [-0.15, -0.1) is 0 Å². The second kappa shape index (κ2) is 8.56. The minimum atomic E-state index is -0.569. The molecular formula is C18H27N3O2. The van der Waals surface area contributed by atoms with Crippen LogP contribution in [0.25, 0.3) is 0 Å². The number of anilines is 1. The van der Waals surface area contributed by atoms with Crippen molar-refractivity contribution in [1.29, 1.82) is 0 Å². The summed E-state index contributed by atoms with van der Waals surface area (Å²) in [5.41, 5.74) is 2.43. The molecule has 5 heteroatoms. The summed E-state index contributed by atoms with van der Waals surface area (Å²) >= 11 is 0. The summed E-state index contributed by atoms with van der Waals surface area (Å²) in [6, 6.07) is 8.46. The topological polar surface area (TPSA) is 61.4 Å². The highest BCUT2D eigenvalue weighted by atomic mass is 16.2. The fraction of sp³-hybridized carbons (Fsp3) is 0.556. The lowest BCUT2D eigenvalue weighted by Gasteiger charge is -2.28. The number of nitrogens with zero attached hydrogens (tertiary/aromatic N) is 1. The van der Waals surface area contributed by atoms with Crippen LogP contribution in [0.1, 0.15) is 38.7 Å². The van der Waals surface area contributed by atoms with Gasteiger partial charge in [0.25, 0.3) is 0 Å². The van der Waals surface area contributed by atoms with Crippen molar-refractivity contribution in [3.05, 3.63) is 29.8 Å². The largest absolute Gasteiger partial charge is 0.372 e. The molecule has 23 heavy (non-hydrogen) atoms. The van der Waals surface area contributed by atoms with Gasteiger partial charge in [-0.25, -0.2) is 0 Å². The van der Waals surface area contributed by atoms with Gasteiger partial charge in [-0.3, -0.25) is 9.59 Å². The number of nitrogens with one attached hydrogen (secondary N) is 2. The van der Waals surface area contributed by atoms with Crippen molar-refractivity contribution >= 4 is 17.5 Å². The molecule has 0 aliphatic carbocycles. The molecule has 0 bridgehead atoms. The van der Waals surface area contributed by atoms with Crippen LogP contribution in [0.2, 0.25) is 0 Å². The number of amides is 2. The zero-order valence-electron chi connectivity index (χ0n) is 14.1. The predicted octanol–water partition coefficient (Wildman–Crippen LogP) is 1.86. The smallest absolute Gasteiger partial charge is 0.309 e. The van der Waals surface area contributed by atoms with Gasteiger partial charge in [-0.1, -0.05) is 12.1 Å². The Labute approximate surface area is 138 Å². The van der Waals surface area contributed by atoms with Crippen LogP contribution in [-0.4, -0.2) is 37.5 Å². The number of hydrogen-bond donors (Lipinski definition) is 2. The first kappa shape index (κ1) is 17.3. The lowest BCUT2D eigenvalue weighted by atomic mass is 10.1. The van der Waals surface area contributed by atoms with E-state index in [1.165, 1.54) is 24.9 Å². The Morgan fingerprint density at radius 3 is 2.30 bits per heavy atom. The minimum Gasteiger partial charge on any atom is -0.372 e. The van der Waals surface area contributed by atoms with Crippen molar-refractivity contribution in [2.45, 2.75) is 45.6 Å². The van der Waals surface area contributed by atoms with E-state index in [1.54, 1.807) is 0 Å². The number of rotatable bonds is 5. The molecule has 1 heterocycles. The molecule has 0 unspecified atom stereocenters. The number of piperidine rings is 1. The molecule has 2 amide bonds. The highest BCUT2D eigenvalue weighted by Crippen LogP contribution is 2.20. The van der Waals surface area contributed by atoms with Crippen LogP contribution in [0, 0.1) is 0 Å². The van der Waals surface area contributed by atoms with Crippen LogP contribution in [0.15, 0.2) is 24.3 Å². The monoisotopic (exact) mass is 317 g/mol. The Morgan fingerprint density at radius 1 is 1.04 bits per heavy atom. The SMILES string of the molecule is CC(C)NC(=O)C(=O)NCCc1ccc(N2CCCCC2)cc1. The molecule has 2 N–H and O–H groups in total. The summed E-state index contributed by atoms with van der Waals surface area (Å²) in [5, 5.41) is 5.23. The number of benzene rings is 1. The molecule has 126 valence electrons. The molecule has 0 saturated carbocycles. The van der Waals surface area contributed by atoms with Crippen molar-refractivity contribution in [2.75, 3.05) is 24.5 Å². The molecule has 1 fully saturated rings. The maximum absolute atomic E-state index is 11.6. The quantitative estimate of drug-likeness (QED) is 0.815. The minimum absolute atomic E-state index is 0.0319. The maximum atomic E-state index is 11.6. The molecule has 2 rings (SSSR count). The summed E-state index contributed by atoms with van der Waals surface area (Å²) < 4.78 is 0. The number of carbonyl (C=O) groups excluding carboxylic acids is 2. The first-order chi connectivity index (χ1) is 11.1. The van der Waals surface area contributed by atoms with Gasteiger partial charge >= 0.3 is 11.8 Å². The van der Waals surface area contributed by atoms with E-state index < -0.39 is 11.8 Å². The molecule has 0 atom stereocenters. The van der Waals surface area contributed by atoms with Crippen molar-refractivity contribution in [3.63, 3.8) is 0 Å². The first-order valence-electron chi connectivity index (χ1n) is 8.49. The van der Waals surface area contributed by atoms with Gasteiger partial charge in [-0.2, -0.15) is 0 Å². The fourth-order valence-corrected chi connectivity index (χ4v) is 2.75. The molecule has 1 aliphatic heterocycles. The fourth-order valence-electron chi connectivity index (χ4n) is 2.75. The van der Waals surface area contributed by atoms with E-state index in [2.05, 4.69) is 39.8 Å². The summed E-state index contributed by atoms with van der Waals surface area (Å²) in [4.78, 5) is 25.5. The molecule has 0 radical (unpaired) electrons. The predicted molar refractivity (Wildman–Crippen MR) is 92.5 cm³/mol. The third-order valence-electron chi connectivity index (χ3n) is 3.98. The molecule has 1 aromatic rings. The Morgan fingerprint density at radius 2 is 1.70 bits per heavy atom. The van der Waals surface area contributed by atoms with Crippen molar-refractivity contribution in [3.8, 4) is 0 Å². The zero-order chi connectivity index (χ0) is 16.7. The van der Waals surface area contributed by atoms with E-state index in [-0.39, 0.29) is 6.04 Å². The van der Waals surface area contributed by atoms with Crippen molar-refractivity contribution in [1.82, 2.24) is 10.6 Å². The Balaban J connectivity index is 1.75. The van der Waals surface area contributed by atoms with Gasteiger partial charge in [0.2, 0.25) is 0 Å². The standard InChI is InChI=1S/C18H27N3O2/c1-14(2)20-18(23)17(22)19-11-10-15-6-8-16(9-7-15)21-12-4-3-5-13-21/h6-9,14H,3-5,10-13H2,1-2H3,(H,19,22)(H,20,23). The first-order valence-corrected chi connectivity index (χ1v) is 8.49. The normalized spacial score (nSPS) is 14.7. The summed E-state index contributed by atoms with van der Waals surface area (Å²) in [6.07, 6.45) is 4.60. The van der Waals surface area contributed by atoms with Crippen LogP contribution >= 0.6 is 0 Å². The Kier molecular flexibility index (Phi) is 6.44. The zero-order valence-corrected chi connectivity index (χ0v) is 14.1. The van der Waals surface area contributed by atoms with Gasteiger partial charge in [0.15, 0.2) is 0 Å². The average Bonchev–Trinajstić information content (AvgIpc) is 2.55. The van der Waals surface area contributed by atoms with Crippen LogP contribution in [0.4, 0.5) is 5.69 Å². The van der Waals surface area contributed by atoms with Crippen molar-refractivity contribution in [2.24, 2.45) is 0 Å². The van der Waals surface area contributed by atoms with Crippen molar-refractivity contribution < 1.29 is 9.59 Å². The molecular weight excluding hydrogens is 290 g/mol. The van der Waals surface area contributed by atoms with Gasteiger partial charge in [0.05, 0.1) is 0 Å². The molecule has 1 saturated heterocycles. The average molecular weight is 317 g/mol. The van der Waals surface area contributed by atoms with Gasteiger partial charge in [0, 0.05) is 31.4 Å². The van der Waals surface area contributed by atoms with Crippen LogP contribution in [0.3, 0.4) is 0 Å². The molecule has 0 aromatic heterocycles. The third kappa shape index (κ3) is 5.58. The molecule has 0 spiro atoms. The van der Waals surface area contributed by atoms with Gasteiger partial charge in [-0.05, 0) is 57.2 Å². The van der Waals surface area contributed by atoms with E-state index >= 15 is 0 Å². The number of carbonyl (C=O) groups is 2. The van der Waals surface area contributed by atoms with Crippen LogP contribution in [0.5, 0.6) is 0 Å². The number of hydrogen-bond acceptors (Lipinski definition) is 3. The Hall–Kier alpha value is -2.04. The van der Waals surface area contributed by atoms with E-state index in [4.69, 9.17) is 0 Å². The third-order valence-corrected chi connectivity index (χ3v) is 3.98. The maximum Gasteiger partial charge on any atom is 0.309 e. The van der Waals surface area contributed by atoms with E-state index in [0.717, 1.165) is 25.1 Å². The van der Waals surface area contributed by atoms with Gasteiger partial charge < -0.3 is 15.5 Å². The highest BCUT2D eigenvalue weighted by molar-refractivity contribution is 6.35. The lowest BCUT2D eigenvalue weighted by molar-refractivity contribution is -0.139. The van der Waals surface area contributed by atoms with E-state index in [1.807, 2.05) is 13.8 Å². The molecule has 5 nitrogen and oxygen atoms in total.